The quantitative estimate of drug-likeness (QED) is 0.627. The molecule has 0 unspecified atom stereocenters. The summed E-state index contributed by atoms with van der Waals surface area (Å²) in [5.41, 5.74) is 0.827. The second-order valence-electron chi connectivity index (χ2n) is 6.35. The van der Waals surface area contributed by atoms with Gasteiger partial charge in [-0.3, -0.25) is 0 Å². The van der Waals surface area contributed by atoms with E-state index in [4.69, 9.17) is 0 Å². The minimum Gasteiger partial charge on any atom is -0.367 e. The van der Waals surface area contributed by atoms with Gasteiger partial charge in [0, 0.05) is 45.0 Å². The predicted octanol–water partition coefficient (Wildman–Crippen LogP) is -0.121. The van der Waals surface area contributed by atoms with Crippen molar-refractivity contribution in [3.8, 4) is 0 Å². The first-order chi connectivity index (χ1) is 11.9. The van der Waals surface area contributed by atoms with Crippen LogP contribution < -0.4 is 20.3 Å². The highest BCUT2D eigenvalue weighted by Gasteiger charge is 2.17. The molecule has 0 aromatic carbocycles. The van der Waals surface area contributed by atoms with E-state index in [-0.39, 0.29) is 18.3 Å². The molecule has 0 amide bonds. The first-order valence-corrected chi connectivity index (χ1v) is 10.1. The van der Waals surface area contributed by atoms with Crippen LogP contribution >= 0.6 is 0 Å². The summed E-state index contributed by atoms with van der Waals surface area (Å²) in [6.45, 7) is 7.38. The number of nitrogens with zero attached hydrogens (tertiary/aromatic N) is 4. The lowest BCUT2D eigenvalue weighted by atomic mass is 10.4. The van der Waals surface area contributed by atoms with Crippen molar-refractivity contribution in [2.24, 2.45) is 0 Å². The molecule has 0 atom stereocenters. The zero-order valence-electron chi connectivity index (χ0n) is 14.6. The third-order valence-corrected chi connectivity index (χ3v) is 5.43. The predicted molar refractivity (Wildman–Crippen MR) is 98.6 cm³/mol. The van der Waals surface area contributed by atoms with Gasteiger partial charge < -0.3 is 15.5 Å². The van der Waals surface area contributed by atoms with E-state index in [0.717, 1.165) is 31.7 Å². The number of hydrogen-bond donors (Lipinski definition) is 3. The molecule has 2 aromatic rings. The lowest BCUT2D eigenvalue weighted by Gasteiger charge is -2.27. The lowest BCUT2D eigenvalue weighted by molar-refractivity contribution is 0.570. The number of rotatable bonds is 7. The van der Waals surface area contributed by atoms with Crippen molar-refractivity contribution in [3.05, 3.63) is 18.3 Å². The van der Waals surface area contributed by atoms with Crippen molar-refractivity contribution >= 4 is 27.3 Å². The van der Waals surface area contributed by atoms with Crippen LogP contribution in [0.2, 0.25) is 0 Å². The number of sulfonamides is 1. The van der Waals surface area contributed by atoms with Crippen LogP contribution in [0, 0.1) is 0 Å². The van der Waals surface area contributed by atoms with E-state index < -0.39 is 10.0 Å². The molecule has 2 aromatic heterocycles. The highest BCUT2D eigenvalue weighted by molar-refractivity contribution is 7.89. The van der Waals surface area contributed by atoms with E-state index in [2.05, 4.69) is 30.3 Å². The Hall–Kier alpha value is -1.91. The van der Waals surface area contributed by atoms with Crippen molar-refractivity contribution in [1.29, 1.82) is 0 Å². The molecule has 1 aliphatic rings. The molecule has 3 N–H and O–H groups in total. The molecule has 1 fully saturated rings. The minimum atomic E-state index is -3.30. The van der Waals surface area contributed by atoms with Crippen molar-refractivity contribution in [3.63, 3.8) is 0 Å². The summed E-state index contributed by atoms with van der Waals surface area (Å²) in [5, 5.41) is 11.0. The SMILES string of the molecule is CC(C)NS(=O)(=O)CCNc1nc(N2CCNCC2)nn2cccc12. The molecule has 0 aliphatic carbocycles. The highest BCUT2D eigenvalue weighted by Crippen LogP contribution is 2.18. The standard InChI is InChI=1S/C15H25N7O2S/c1-12(2)20-25(23,24)11-7-17-14-13-4-3-8-22(13)19-15(18-14)21-9-5-16-6-10-21/h3-4,8,12,16,20H,5-7,9-11H2,1-2H3,(H,17,18,19). The Bertz CT molecular complexity index is 812. The van der Waals surface area contributed by atoms with Crippen LogP contribution in [-0.2, 0) is 10.0 Å². The van der Waals surface area contributed by atoms with Crippen LogP contribution in [0.15, 0.2) is 18.3 Å². The van der Waals surface area contributed by atoms with Gasteiger partial charge in [-0.1, -0.05) is 0 Å². The van der Waals surface area contributed by atoms with E-state index in [1.807, 2.05) is 18.3 Å². The molecule has 0 radical (unpaired) electrons. The zero-order chi connectivity index (χ0) is 17.9. The molecule has 1 saturated heterocycles. The topological polar surface area (TPSA) is 104 Å². The third kappa shape index (κ3) is 4.59. The van der Waals surface area contributed by atoms with Crippen LogP contribution in [0.3, 0.4) is 0 Å². The van der Waals surface area contributed by atoms with Crippen molar-refractivity contribution in [2.75, 3.05) is 48.7 Å². The Kier molecular flexibility index (Phi) is 5.40. The lowest BCUT2D eigenvalue weighted by Crippen LogP contribution is -2.44. The summed E-state index contributed by atoms with van der Waals surface area (Å²) < 4.78 is 28.3. The summed E-state index contributed by atoms with van der Waals surface area (Å²) in [7, 11) is -3.30. The smallest absolute Gasteiger partial charge is 0.245 e. The molecular formula is C15H25N7O2S. The van der Waals surface area contributed by atoms with Gasteiger partial charge >= 0.3 is 0 Å². The normalized spacial score (nSPS) is 15.9. The molecule has 9 nitrogen and oxygen atoms in total. The Morgan fingerprint density at radius 3 is 2.80 bits per heavy atom. The van der Waals surface area contributed by atoms with E-state index in [9.17, 15) is 8.42 Å². The van der Waals surface area contributed by atoms with Crippen molar-refractivity contribution in [1.82, 2.24) is 24.6 Å². The zero-order valence-corrected chi connectivity index (χ0v) is 15.4. The molecule has 3 rings (SSSR count). The van der Waals surface area contributed by atoms with Gasteiger partial charge in [-0.15, -0.1) is 5.10 Å². The number of nitrogens with one attached hydrogen (secondary N) is 3. The minimum absolute atomic E-state index is 0.00891. The summed E-state index contributed by atoms with van der Waals surface area (Å²) >= 11 is 0. The van der Waals surface area contributed by atoms with Crippen LogP contribution in [-0.4, -0.2) is 67.5 Å². The maximum Gasteiger partial charge on any atom is 0.245 e. The molecule has 138 valence electrons. The Labute approximate surface area is 147 Å². The average Bonchev–Trinajstić information content (AvgIpc) is 3.03. The van der Waals surface area contributed by atoms with Gasteiger partial charge in [-0.25, -0.2) is 17.7 Å². The van der Waals surface area contributed by atoms with E-state index in [1.54, 1.807) is 18.4 Å². The molecule has 0 bridgehead atoms. The maximum absolute atomic E-state index is 12.0. The van der Waals surface area contributed by atoms with Crippen LogP contribution in [0.1, 0.15) is 13.8 Å². The summed E-state index contributed by atoms with van der Waals surface area (Å²) in [6, 6.07) is 3.69. The molecule has 10 heteroatoms. The highest BCUT2D eigenvalue weighted by atomic mass is 32.2. The Balaban J connectivity index is 1.74. The fraction of sp³-hybridized carbons (Fsp3) is 0.600. The number of aromatic nitrogens is 3. The van der Waals surface area contributed by atoms with Gasteiger partial charge in [-0.05, 0) is 26.0 Å². The summed E-state index contributed by atoms with van der Waals surface area (Å²) in [5.74, 6) is 1.29. The Morgan fingerprint density at radius 1 is 1.32 bits per heavy atom. The van der Waals surface area contributed by atoms with Gasteiger partial charge in [0.1, 0.15) is 5.52 Å². The molecule has 0 saturated carbocycles. The van der Waals surface area contributed by atoms with Crippen LogP contribution in [0.25, 0.3) is 5.52 Å². The van der Waals surface area contributed by atoms with E-state index in [0.29, 0.717) is 11.8 Å². The maximum atomic E-state index is 12.0. The number of fused-ring (bicyclic) bond motifs is 1. The number of hydrogen-bond acceptors (Lipinski definition) is 7. The second-order valence-corrected chi connectivity index (χ2v) is 8.23. The monoisotopic (exact) mass is 367 g/mol. The van der Waals surface area contributed by atoms with Crippen molar-refractivity contribution < 1.29 is 8.42 Å². The number of anilines is 2. The van der Waals surface area contributed by atoms with E-state index in [1.165, 1.54) is 0 Å². The largest absolute Gasteiger partial charge is 0.367 e. The van der Waals surface area contributed by atoms with Gasteiger partial charge in [0.25, 0.3) is 0 Å². The fourth-order valence-corrected chi connectivity index (χ4v) is 3.98. The summed E-state index contributed by atoms with van der Waals surface area (Å²) in [6.07, 6.45) is 1.87. The molecule has 0 spiro atoms. The average molecular weight is 367 g/mol. The van der Waals surface area contributed by atoms with E-state index >= 15 is 0 Å². The van der Waals surface area contributed by atoms with Gasteiger partial charge in [0.15, 0.2) is 5.82 Å². The van der Waals surface area contributed by atoms with Crippen molar-refractivity contribution in [2.45, 2.75) is 19.9 Å². The first kappa shape index (κ1) is 17.9. The van der Waals surface area contributed by atoms with Gasteiger partial charge in [0.05, 0.1) is 5.75 Å². The molecule has 3 heterocycles. The Morgan fingerprint density at radius 2 is 2.08 bits per heavy atom. The van der Waals surface area contributed by atoms with Crippen LogP contribution in [0.5, 0.6) is 0 Å². The molecule has 1 aliphatic heterocycles. The molecular weight excluding hydrogens is 342 g/mol. The third-order valence-electron chi connectivity index (χ3n) is 3.86. The first-order valence-electron chi connectivity index (χ1n) is 8.49. The second kappa shape index (κ2) is 7.54. The molecule has 25 heavy (non-hydrogen) atoms. The van der Waals surface area contributed by atoms with Gasteiger partial charge in [-0.2, -0.15) is 4.98 Å². The van der Waals surface area contributed by atoms with Crippen LogP contribution in [0.4, 0.5) is 11.8 Å². The number of piperazine rings is 1. The fourth-order valence-electron chi connectivity index (χ4n) is 2.77. The summed E-state index contributed by atoms with van der Waals surface area (Å²) in [4.78, 5) is 6.74. The van der Waals surface area contributed by atoms with Gasteiger partial charge in [0.2, 0.25) is 16.0 Å².